The normalized spacial score (nSPS) is 32.9. The molecule has 3 N–H and O–H groups in total. The molecule has 3 rings (SSSR count). The van der Waals surface area contributed by atoms with Crippen molar-refractivity contribution in [1.82, 2.24) is 0 Å². The van der Waals surface area contributed by atoms with Gasteiger partial charge in [-0.3, -0.25) is 0 Å². The van der Waals surface area contributed by atoms with E-state index in [4.69, 9.17) is 5.73 Å². The molecule has 0 aliphatic heterocycles. The quantitative estimate of drug-likeness (QED) is 0.856. The Morgan fingerprint density at radius 1 is 1.33 bits per heavy atom. The lowest BCUT2D eigenvalue weighted by molar-refractivity contribution is 0.108. The monoisotopic (exact) mass is 245 g/mol. The molecule has 1 aromatic rings. The molecule has 0 spiro atoms. The Labute approximate surface area is 109 Å². The summed E-state index contributed by atoms with van der Waals surface area (Å²) >= 11 is 0. The van der Waals surface area contributed by atoms with E-state index in [2.05, 4.69) is 31.2 Å². The van der Waals surface area contributed by atoms with Gasteiger partial charge in [0, 0.05) is 12.5 Å². The van der Waals surface area contributed by atoms with Gasteiger partial charge in [-0.1, -0.05) is 36.2 Å². The molecule has 2 fully saturated rings. The van der Waals surface area contributed by atoms with E-state index in [0.29, 0.717) is 12.5 Å². The lowest BCUT2D eigenvalue weighted by Crippen LogP contribution is -2.29. The Bertz CT molecular complexity index is 421. The molecule has 0 saturated heterocycles. The molecule has 0 bridgehead atoms. The second-order valence-electron chi connectivity index (χ2n) is 6.08. The number of fused-ring (bicyclic) bond motifs is 1. The minimum atomic E-state index is -0.243. The van der Waals surface area contributed by atoms with Crippen molar-refractivity contribution in [3.8, 4) is 0 Å². The molecular weight excluding hydrogens is 222 g/mol. The SMILES string of the molecule is Cc1cccc(C(CN)C(O)C2C3CCCC32)c1. The van der Waals surface area contributed by atoms with Gasteiger partial charge in [0.25, 0.3) is 0 Å². The van der Waals surface area contributed by atoms with Crippen LogP contribution in [0.1, 0.15) is 36.3 Å². The zero-order valence-corrected chi connectivity index (χ0v) is 11.0. The van der Waals surface area contributed by atoms with E-state index in [9.17, 15) is 5.11 Å². The number of hydrogen-bond donors (Lipinski definition) is 2. The van der Waals surface area contributed by atoms with Crippen molar-refractivity contribution in [2.75, 3.05) is 6.54 Å². The molecule has 2 heteroatoms. The Balaban J connectivity index is 1.76. The first-order valence-corrected chi connectivity index (χ1v) is 7.17. The summed E-state index contributed by atoms with van der Waals surface area (Å²) < 4.78 is 0. The van der Waals surface area contributed by atoms with Crippen LogP contribution in [-0.4, -0.2) is 17.8 Å². The first-order chi connectivity index (χ1) is 8.72. The molecule has 0 aromatic heterocycles. The second-order valence-corrected chi connectivity index (χ2v) is 6.08. The predicted octanol–water partition coefficient (Wildman–Crippen LogP) is 2.44. The van der Waals surface area contributed by atoms with Crippen molar-refractivity contribution in [3.63, 3.8) is 0 Å². The smallest absolute Gasteiger partial charge is 0.0654 e. The lowest BCUT2D eigenvalue weighted by Gasteiger charge is -2.23. The van der Waals surface area contributed by atoms with Crippen LogP contribution in [0.5, 0.6) is 0 Å². The van der Waals surface area contributed by atoms with Crippen molar-refractivity contribution >= 4 is 0 Å². The minimum absolute atomic E-state index is 0.112. The number of benzene rings is 1. The summed E-state index contributed by atoms with van der Waals surface area (Å²) in [5.74, 6) is 2.21. The van der Waals surface area contributed by atoms with Gasteiger partial charge < -0.3 is 10.8 Å². The van der Waals surface area contributed by atoms with E-state index in [0.717, 1.165) is 11.8 Å². The highest BCUT2D eigenvalue weighted by atomic mass is 16.3. The Morgan fingerprint density at radius 3 is 2.67 bits per heavy atom. The van der Waals surface area contributed by atoms with E-state index >= 15 is 0 Å². The van der Waals surface area contributed by atoms with E-state index in [1.165, 1.54) is 30.4 Å². The van der Waals surface area contributed by atoms with Crippen LogP contribution in [0.3, 0.4) is 0 Å². The zero-order chi connectivity index (χ0) is 12.7. The second kappa shape index (κ2) is 4.67. The van der Waals surface area contributed by atoms with Gasteiger partial charge in [0.1, 0.15) is 0 Å². The van der Waals surface area contributed by atoms with E-state index < -0.39 is 0 Å². The molecule has 2 saturated carbocycles. The molecule has 0 radical (unpaired) electrons. The predicted molar refractivity (Wildman–Crippen MR) is 73.3 cm³/mol. The standard InChI is InChI=1S/C16H23NO/c1-10-4-2-5-11(8-10)14(9-17)16(18)15-12-6-3-7-13(12)15/h2,4-5,8,12-16,18H,3,6-7,9,17H2,1H3. The summed E-state index contributed by atoms with van der Waals surface area (Å²) in [5, 5.41) is 10.6. The minimum Gasteiger partial charge on any atom is -0.392 e. The molecule has 1 aromatic carbocycles. The Morgan fingerprint density at radius 2 is 2.06 bits per heavy atom. The van der Waals surface area contributed by atoms with Crippen LogP contribution in [0.25, 0.3) is 0 Å². The number of hydrogen-bond acceptors (Lipinski definition) is 2. The highest BCUT2D eigenvalue weighted by molar-refractivity contribution is 5.27. The first kappa shape index (κ1) is 12.2. The summed E-state index contributed by atoms with van der Waals surface area (Å²) in [6.07, 6.45) is 3.75. The van der Waals surface area contributed by atoms with Gasteiger partial charge in [-0.2, -0.15) is 0 Å². The van der Waals surface area contributed by atoms with Crippen LogP contribution >= 0.6 is 0 Å². The number of rotatable bonds is 4. The molecule has 2 aliphatic carbocycles. The molecule has 4 unspecified atom stereocenters. The van der Waals surface area contributed by atoms with Crippen molar-refractivity contribution in [2.45, 2.75) is 38.2 Å². The summed E-state index contributed by atoms with van der Waals surface area (Å²) in [7, 11) is 0. The molecule has 2 nitrogen and oxygen atoms in total. The van der Waals surface area contributed by atoms with Gasteiger partial charge in [-0.25, -0.2) is 0 Å². The number of aliphatic hydroxyl groups is 1. The van der Waals surface area contributed by atoms with Crippen LogP contribution in [0.15, 0.2) is 24.3 Å². The van der Waals surface area contributed by atoms with E-state index in [1.807, 2.05) is 0 Å². The third-order valence-corrected chi connectivity index (χ3v) is 5.00. The van der Waals surface area contributed by atoms with Gasteiger partial charge in [-0.15, -0.1) is 0 Å². The highest BCUT2D eigenvalue weighted by Crippen LogP contribution is 2.60. The molecule has 0 amide bonds. The summed E-state index contributed by atoms with van der Waals surface area (Å²) in [6.45, 7) is 2.63. The van der Waals surface area contributed by atoms with Crippen LogP contribution in [-0.2, 0) is 0 Å². The maximum absolute atomic E-state index is 10.6. The fourth-order valence-corrected chi connectivity index (χ4v) is 4.03. The third-order valence-electron chi connectivity index (χ3n) is 5.00. The van der Waals surface area contributed by atoms with Gasteiger partial charge in [0.05, 0.1) is 6.10 Å². The molecule has 18 heavy (non-hydrogen) atoms. The van der Waals surface area contributed by atoms with Crippen molar-refractivity contribution < 1.29 is 5.11 Å². The van der Waals surface area contributed by atoms with Crippen molar-refractivity contribution in [1.29, 1.82) is 0 Å². The van der Waals surface area contributed by atoms with Crippen LogP contribution in [0.2, 0.25) is 0 Å². The lowest BCUT2D eigenvalue weighted by atomic mass is 9.88. The van der Waals surface area contributed by atoms with E-state index in [-0.39, 0.29) is 12.0 Å². The van der Waals surface area contributed by atoms with Crippen LogP contribution in [0, 0.1) is 24.7 Å². The molecule has 4 atom stereocenters. The Kier molecular flexibility index (Phi) is 3.16. The number of aliphatic hydroxyl groups excluding tert-OH is 1. The van der Waals surface area contributed by atoms with Gasteiger partial charge in [-0.05, 0) is 43.1 Å². The summed E-state index contributed by atoms with van der Waals surface area (Å²) in [6, 6.07) is 8.42. The maximum Gasteiger partial charge on any atom is 0.0654 e. The van der Waals surface area contributed by atoms with E-state index in [1.54, 1.807) is 0 Å². The molecule has 2 aliphatic rings. The van der Waals surface area contributed by atoms with Crippen molar-refractivity contribution in [3.05, 3.63) is 35.4 Å². The van der Waals surface area contributed by atoms with Crippen molar-refractivity contribution in [2.24, 2.45) is 23.5 Å². The Hall–Kier alpha value is -0.860. The zero-order valence-electron chi connectivity index (χ0n) is 11.0. The first-order valence-electron chi connectivity index (χ1n) is 7.17. The molecule has 98 valence electrons. The topological polar surface area (TPSA) is 46.2 Å². The molecular formula is C16H23NO. The maximum atomic E-state index is 10.6. The van der Waals surface area contributed by atoms with Gasteiger partial charge in [0.15, 0.2) is 0 Å². The number of aryl methyl sites for hydroxylation is 1. The third kappa shape index (κ3) is 1.98. The van der Waals surface area contributed by atoms with Crippen LogP contribution in [0.4, 0.5) is 0 Å². The summed E-state index contributed by atoms with van der Waals surface area (Å²) in [5.41, 5.74) is 8.36. The molecule has 0 heterocycles. The van der Waals surface area contributed by atoms with Gasteiger partial charge >= 0.3 is 0 Å². The average Bonchev–Trinajstić information content (AvgIpc) is 2.84. The largest absolute Gasteiger partial charge is 0.392 e. The van der Waals surface area contributed by atoms with Crippen LogP contribution < -0.4 is 5.73 Å². The summed E-state index contributed by atoms with van der Waals surface area (Å²) in [4.78, 5) is 0. The average molecular weight is 245 g/mol. The van der Waals surface area contributed by atoms with Gasteiger partial charge in [0.2, 0.25) is 0 Å². The fraction of sp³-hybridized carbons (Fsp3) is 0.625. The fourth-order valence-electron chi connectivity index (χ4n) is 4.03. The highest BCUT2D eigenvalue weighted by Gasteiger charge is 2.56. The number of nitrogens with two attached hydrogens (primary N) is 1.